The Bertz CT molecular complexity index is 71.6. The zero-order valence-electron chi connectivity index (χ0n) is 4.72. The smallest absolute Gasteiger partial charge is 0 e. The summed E-state index contributed by atoms with van der Waals surface area (Å²) in [4.78, 5) is 0. The largest absolute Gasteiger partial charge is 1.00 e. The molecule has 0 bridgehead atoms. The van der Waals surface area contributed by atoms with E-state index >= 15 is 0 Å². The van der Waals surface area contributed by atoms with Crippen molar-refractivity contribution in [2.45, 2.75) is 0 Å². The average Bonchev–Trinajstić information content (AvgIpc) is 0.592. The van der Waals surface area contributed by atoms with Gasteiger partial charge in [0.15, 0.2) is 0 Å². The molecule has 0 aliphatic heterocycles. The molecule has 0 saturated heterocycles. The summed E-state index contributed by atoms with van der Waals surface area (Å²) >= 11 is 0. The Balaban J connectivity index is -0.000000180. The molecular formula is HF6LiP. The maximum atomic E-state index is 9.87. The Morgan fingerprint density at radius 3 is 0.750 bits per heavy atom. The summed E-state index contributed by atoms with van der Waals surface area (Å²) in [5.41, 5.74) is 0. The molecule has 8 heavy (non-hydrogen) atoms. The summed E-state index contributed by atoms with van der Waals surface area (Å²) in [5, 5.41) is 0. The summed E-state index contributed by atoms with van der Waals surface area (Å²) in [7, 11) is -10.7. The van der Waals surface area contributed by atoms with Gasteiger partial charge in [0.05, 0.1) is 0 Å². The second-order valence-corrected chi connectivity index (χ2v) is 2.87. The Labute approximate surface area is 54.1 Å². The van der Waals surface area contributed by atoms with E-state index in [1.54, 1.807) is 0 Å². The standard InChI is InChI=1S/F6P.Li/c1-7(2,3,4,5)6;/q-1;/p+1. The molecule has 0 atom stereocenters. The van der Waals surface area contributed by atoms with Crippen LogP contribution in [0.15, 0.2) is 0 Å². The predicted octanol–water partition coefficient (Wildman–Crippen LogP) is 3.11. The van der Waals surface area contributed by atoms with Crippen molar-refractivity contribution in [1.29, 1.82) is 0 Å². The van der Waals surface area contributed by atoms with E-state index < -0.39 is 7.81 Å². The van der Waals surface area contributed by atoms with Crippen LogP contribution in [0, 0.1) is 0 Å². The molecule has 0 amide bonds. The summed E-state index contributed by atoms with van der Waals surface area (Å²) in [6.45, 7) is 0. The van der Waals surface area contributed by atoms with Gasteiger partial charge in [-0.15, -0.1) is 0 Å². The van der Waals surface area contributed by atoms with Gasteiger partial charge >= 0.3 is 34.4 Å². The molecule has 1 radical (unpaired) electrons. The topological polar surface area (TPSA) is 0 Å². The van der Waals surface area contributed by atoms with Crippen molar-refractivity contribution in [3.05, 3.63) is 0 Å². The fourth-order valence-corrected chi connectivity index (χ4v) is 0. The number of hydrogen-bond donors (Lipinski definition) is 0. The van der Waals surface area contributed by atoms with Crippen molar-refractivity contribution in [2.24, 2.45) is 0 Å². The summed E-state index contributed by atoms with van der Waals surface area (Å²) in [6.07, 6.45) is 0. The van der Waals surface area contributed by atoms with Crippen LogP contribution in [-0.4, -0.2) is 18.9 Å². The Hall–Kier alpha value is 0.607. The van der Waals surface area contributed by atoms with E-state index in [4.69, 9.17) is 0 Å². The quantitative estimate of drug-likeness (QED) is 0.285. The van der Waals surface area contributed by atoms with Crippen LogP contribution in [0.25, 0.3) is 0 Å². The molecule has 0 N–H and O–H groups in total. The molecule has 0 aromatic heterocycles. The molecule has 0 aromatic carbocycles. The van der Waals surface area contributed by atoms with Crippen molar-refractivity contribution in [3.8, 4) is 0 Å². The Morgan fingerprint density at radius 2 is 0.750 bits per heavy atom. The van der Waals surface area contributed by atoms with Crippen LogP contribution in [0.1, 0.15) is 1.43 Å². The van der Waals surface area contributed by atoms with Gasteiger partial charge < -0.3 is 0 Å². The molecule has 8 heteroatoms. The predicted molar refractivity (Wildman–Crippen MR) is 20.4 cm³/mol. The van der Waals surface area contributed by atoms with Gasteiger partial charge in [0.1, 0.15) is 0 Å². The van der Waals surface area contributed by atoms with Crippen LogP contribution >= 0.6 is 7.81 Å². The first-order chi connectivity index (χ1) is 2.45. The zero-order valence-corrected chi connectivity index (χ0v) is 4.61. The number of hydrogen-bond acceptors (Lipinski definition) is 0. The molecule has 49 valence electrons. The Morgan fingerprint density at radius 1 is 0.750 bits per heavy atom. The molecule has 0 rings (SSSR count). The van der Waals surface area contributed by atoms with E-state index in [0.29, 0.717) is 0 Å². The van der Waals surface area contributed by atoms with Crippen LogP contribution in [0.5, 0.6) is 0 Å². The maximum Gasteiger partial charge on any atom is 1.00 e. The van der Waals surface area contributed by atoms with E-state index in [0.717, 1.165) is 0 Å². The van der Waals surface area contributed by atoms with Crippen LogP contribution < -0.4 is 0 Å². The van der Waals surface area contributed by atoms with Gasteiger partial charge in [-0.3, -0.25) is 0 Å². The van der Waals surface area contributed by atoms with Gasteiger partial charge in [0.2, 0.25) is 0 Å². The fraction of sp³-hybridized carbons (Fsp3) is 0. The minimum absolute atomic E-state index is 0. The second-order valence-electron chi connectivity index (χ2n) is 0.958. The van der Waals surface area contributed by atoms with Gasteiger partial charge in [-0.2, -0.15) is 0 Å². The first-order valence-corrected chi connectivity index (χ1v) is 3.04. The van der Waals surface area contributed by atoms with Gasteiger partial charge in [0, 0.05) is 18.9 Å². The summed E-state index contributed by atoms with van der Waals surface area (Å²) in [6, 6.07) is 0. The van der Waals surface area contributed by atoms with Crippen molar-refractivity contribution < 1.29 is 26.6 Å². The molecule has 0 unspecified atom stereocenters. The second kappa shape index (κ2) is 1.36. The minimum Gasteiger partial charge on any atom is 0 e. The van der Waals surface area contributed by atoms with Crippen LogP contribution in [-0.2, 0) is 0 Å². The van der Waals surface area contributed by atoms with E-state index in [-0.39, 0.29) is 20.3 Å². The molecule has 0 fully saturated rings. The third-order valence-electron chi connectivity index (χ3n) is 0. The zero-order chi connectivity index (χ0) is 6.41. The molecule has 0 heterocycles. The summed E-state index contributed by atoms with van der Waals surface area (Å²) < 4.78 is 59.2. The first-order valence-electron chi connectivity index (χ1n) is 1.01. The number of rotatable bonds is 0. The van der Waals surface area contributed by atoms with Gasteiger partial charge in [-0.1, -0.05) is 0 Å². The average molecular weight is 153 g/mol. The van der Waals surface area contributed by atoms with Crippen molar-refractivity contribution in [3.63, 3.8) is 0 Å². The van der Waals surface area contributed by atoms with E-state index in [1.807, 2.05) is 0 Å². The van der Waals surface area contributed by atoms with Crippen molar-refractivity contribution in [2.75, 3.05) is 0 Å². The number of halogens is 6. The SMILES string of the molecule is F[P-](F)(F)(F)(F)F.[H+].[Li]. The van der Waals surface area contributed by atoms with Crippen LogP contribution in [0.4, 0.5) is 25.2 Å². The first kappa shape index (κ1) is 11.4. The van der Waals surface area contributed by atoms with E-state index in [9.17, 15) is 25.2 Å². The minimum atomic E-state index is -10.7. The molecule has 0 aliphatic rings. The van der Waals surface area contributed by atoms with E-state index in [1.165, 1.54) is 0 Å². The third-order valence-corrected chi connectivity index (χ3v) is 0. The Kier molecular flexibility index (Phi) is 1.94. The van der Waals surface area contributed by atoms with Crippen molar-refractivity contribution >= 4 is 26.7 Å². The fourth-order valence-electron chi connectivity index (χ4n) is 0. The van der Waals surface area contributed by atoms with Gasteiger partial charge in [0.25, 0.3) is 0 Å². The van der Waals surface area contributed by atoms with Crippen molar-refractivity contribution in [1.82, 2.24) is 0 Å². The molecule has 0 aromatic rings. The van der Waals surface area contributed by atoms with Crippen LogP contribution in [0.2, 0.25) is 0 Å². The molecule has 0 aliphatic carbocycles. The monoisotopic (exact) mass is 153 g/mol. The third kappa shape index (κ3) is 563. The van der Waals surface area contributed by atoms with Crippen LogP contribution in [0.3, 0.4) is 0 Å². The normalized spacial score (nSPS) is 20.2. The molecule has 0 saturated carbocycles. The van der Waals surface area contributed by atoms with E-state index in [2.05, 4.69) is 0 Å². The van der Waals surface area contributed by atoms with Gasteiger partial charge in [-0.25, -0.2) is 0 Å². The maximum absolute atomic E-state index is 10.7. The molecular weight excluding hydrogens is 152 g/mol. The van der Waals surface area contributed by atoms with Gasteiger partial charge in [-0.05, 0) is 0 Å². The molecule has 0 nitrogen and oxygen atoms in total. The molecule has 0 spiro atoms. The summed E-state index contributed by atoms with van der Waals surface area (Å²) in [5.74, 6) is 0.